The first-order valence-corrected chi connectivity index (χ1v) is 6.65. The fourth-order valence-electron chi connectivity index (χ4n) is 2.37. The van der Waals surface area contributed by atoms with Gasteiger partial charge in [0.15, 0.2) is 17.5 Å². The van der Waals surface area contributed by atoms with Gasteiger partial charge in [-0.25, -0.2) is 17.6 Å². The van der Waals surface area contributed by atoms with Gasteiger partial charge in [0.05, 0.1) is 11.1 Å². The van der Waals surface area contributed by atoms with Crippen LogP contribution < -0.4 is 5.32 Å². The Balaban J connectivity index is 1.86. The van der Waals surface area contributed by atoms with Gasteiger partial charge in [-0.2, -0.15) is 0 Å². The molecule has 0 unspecified atom stereocenters. The Morgan fingerprint density at radius 2 is 1.55 bits per heavy atom. The van der Waals surface area contributed by atoms with E-state index in [0.717, 1.165) is 6.07 Å². The molecule has 0 aromatic heterocycles. The number of benzene rings is 2. The lowest BCUT2D eigenvalue weighted by Gasteiger charge is -2.18. The van der Waals surface area contributed by atoms with Crippen molar-refractivity contribution in [1.82, 2.24) is 5.32 Å². The smallest absolute Gasteiger partial charge is 0.255 e. The molecule has 0 saturated heterocycles. The molecule has 1 amide bonds. The fraction of sp³-hybridized carbons (Fsp3) is 0.188. The summed E-state index contributed by atoms with van der Waals surface area (Å²) in [5.74, 6) is -5.80. The van der Waals surface area contributed by atoms with Gasteiger partial charge in [-0.3, -0.25) is 4.79 Å². The van der Waals surface area contributed by atoms with Crippen LogP contribution in [0, 0.1) is 23.3 Å². The van der Waals surface area contributed by atoms with Crippen LogP contribution in [0.5, 0.6) is 0 Å². The Labute approximate surface area is 123 Å². The summed E-state index contributed by atoms with van der Waals surface area (Å²) in [4.78, 5) is 12.1. The molecule has 3 rings (SSSR count). The van der Waals surface area contributed by atoms with Gasteiger partial charge in [0, 0.05) is 0 Å². The van der Waals surface area contributed by atoms with Crippen molar-refractivity contribution in [2.75, 3.05) is 0 Å². The van der Waals surface area contributed by atoms with Gasteiger partial charge >= 0.3 is 0 Å². The van der Waals surface area contributed by atoms with E-state index in [4.69, 9.17) is 0 Å². The van der Waals surface area contributed by atoms with Crippen molar-refractivity contribution >= 4 is 5.91 Å². The molecule has 1 saturated carbocycles. The second-order valence-corrected chi connectivity index (χ2v) is 5.27. The zero-order chi connectivity index (χ0) is 15.9. The lowest BCUT2D eigenvalue weighted by Crippen LogP contribution is -2.35. The summed E-state index contributed by atoms with van der Waals surface area (Å²) < 4.78 is 52.7. The fourth-order valence-corrected chi connectivity index (χ4v) is 2.37. The molecule has 0 radical (unpaired) electrons. The third-order valence-corrected chi connectivity index (χ3v) is 3.78. The summed E-state index contributed by atoms with van der Waals surface area (Å²) in [6.45, 7) is 0. The number of carbonyl (C=O) groups is 1. The second kappa shape index (κ2) is 5.12. The number of carbonyl (C=O) groups excluding carboxylic acids is 1. The van der Waals surface area contributed by atoms with Crippen LogP contribution in [0.3, 0.4) is 0 Å². The SMILES string of the molecule is O=C(NC1(c2ccc(F)cc2)CC1)c1ccc(F)c(F)c1F. The molecule has 2 nitrogen and oxygen atoms in total. The standard InChI is InChI=1S/C16H11F4NO/c17-10-3-1-9(2-4-10)16(7-8-16)21-15(22)11-5-6-12(18)14(20)13(11)19/h1-6H,7-8H2,(H,21,22). The zero-order valence-corrected chi connectivity index (χ0v) is 11.3. The normalized spacial score (nSPS) is 15.5. The maximum absolute atomic E-state index is 13.6. The van der Waals surface area contributed by atoms with Crippen molar-refractivity contribution < 1.29 is 22.4 Å². The van der Waals surface area contributed by atoms with E-state index in [1.807, 2.05) is 0 Å². The molecule has 0 aliphatic heterocycles. The number of rotatable bonds is 3. The summed E-state index contributed by atoms with van der Waals surface area (Å²) in [5.41, 5.74) is -0.584. The van der Waals surface area contributed by atoms with Crippen molar-refractivity contribution in [3.63, 3.8) is 0 Å². The van der Waals surface area contributed by atoms with Crippen molar-refractivity contribution in [2.24, 2.45) is 0 Å². The first-order chi connectivity index (χ1) is 10.4. The zero-order valence-electron chi connectivity index (χ0n) is 11.3. The summed E-state index contributed by atoms with van der Waals surface area (Å²) >= 11 is 0. The maximum Gasteiger partial charge on any atom is 0.255 e. The van der Waals surface area contributed by atoms with E-state index in [0.29, 0.717) is 24.5 Å². The van der Waals surface area contributed by atoms with E-state index in [1.165, 1.54) is 24.3 Å². The van der Waals surface area contributed by atoms with Crippen molar-refractivity contribution in [3.8, 4) is 0 Å². The quantitative estimate of drug-likeness (QED) is 0.680. The minimum Gasteiger partial charge on any atom is -0.342 e. The van der Waals surface area contributed by atoms with Crippen LogP contribution >= 0.6 is 0 Å². The molecule has 1 aliphatic rings. The van der Waals surface area contributed by atoms with Crippen LogP contribution in [0.4, 0.5) is 17.6 Å². The van der Waals surface area contributed by atoms with Crippen molar-refractivity contribution in [3.05, 3.63) is 70.8 Å². The third kappa shape index (κ3) is 2.45. The molecule has 1 aliphatic carbocycles. The van der Waals surface area contributed by atoms with Crippen LogP contribution in [0.25, 0.3) is 0 Å². The van der Waals surface area contributed by atoms with Crippen molar-refractivity contribution in [2.45, 2.75) is 18.4 Å². The second-order valence-electron chi connectivity index (χ2n) is 5.27. The van der Waals surface area contributed by atoms with Crippen LogP contribution in [0.1, 0.15) is 28.8 Å². The van der Waals surface area contributed by atoms with Gasteiger partial charge in [0.2, 0.25) is 0 Å². The van der Waals surface area contributed by atoms with Gasteiger partial charge in [-0.05, 0) is 42.7 Å². The molecule has 0 atom stereocenters. The molecule has 1 N–H and O–H groups in total. The molecule has 22 heavy (non-hydrogen) atoms. The van der Waals surface area contributed by atoms with Crippen LogP contribution in [0.15, 0.2) is 36.4 Å². The third-order valence-electron chi connectivity index (χ3n) is 3.78. The lowest BCUT2D eigenvalue weighted by atomic mass is 10.0. The summed E-state index contributed by atoms with van der Waals surface area (Å²) in [5, 5.41) is 2.62. The number of halogens is 4. The van der Waals surface area contributed by atoms with E-state index in [1.54, 1.807) is 0 Å². The predicted molar refractivity (Wildman–Crippen MR) is 71.1 cm³/mol. The molecule has 6 heteroatoms. The Hall–Kier alpha value is -2.37. The first kappa shape index (κ1) is 14.6. The first-order valence-electron chi connectivity index (χ1n) is 6.65. The molecular weight excluding hydrogens is 298 g/mol. The summed E-state index contributed by atoms with van der Waals surface area (Å²) in [7, 11) is 0. The molecule has 2 aromatic carbocycles. The van der Waals surface area contributed by atoms with Crippen molar-refractivity contribution in [1.29, 1.82) is 0 Å². The van der Waals surface area contributed by atoms with Gasteiger partial charge < -0.3 is 5.32 Å². The maximum atomic E-state index is 13.6. The number of hydrogen-bond acceptors (Lipinski definition) is 1. The van der Waals surface area contributed by atoms with E-state index < -0.39 is 40.3 Å². The Bertz CT molecular complexity index is 739. The van der Waals surface area contributed by atoms with E-state index in [9.17, 15) is 22.4 Å². The highest BCUT2D eigenvalue weighted by Crippen LogP contribution is 2.45. The molecule has 0 spiro atoms. The van der Waals surface area contributed by atoms with Gasteiger partial charge in [-0.1, -0.05) is 12.1 Å². The lowest BCUT2D eigenvalue weighted by molar-refractivity contribution is 0.0925. The predicted octanol–water partition coefficient (Wildman–Crippen LogP) is 3.66. The number of hydrogen-bond donors (Lipinski definition) is 1. The molecule has 1 fully saturated rings. The minimum atomic E-state index is -1.68. The molecule has 0 heterocycles. The van der Waals surface area contributed by atoms with Crippen LogP contribution in [-0.2, 0) is 5.54 Å². The highest BCUT2D eigenvalue weighted by Gasteiger charge is 2.46. The Morgan fingerprint density at radius 3 is 2.14 bits per heavy atom. The Morgan fingerprint density at radius 1 is 0.909 bits per heavy atom. The van der Waals surface area contributed by atoms with E-state index >= 15 is 0 Å². The Kier molecular flexibility index (Phi) is 3.39. The molecule has 0 bridgehead atoms. The average Bonchev–Trinajstić information content (AvgIpc) is 3.26. The summed E-state index contributed by atoms with van der Waals surface area (Å²) in [6.07, 6.45) is 1.21. The largest absolute Gasteiger partial charge is 0.342 e. The van der Waals surface area contributed by atoms with Gasteiger partial charge in [0.25, 0.3) is 5.91 Å². The molecule has 114 valence electrons. The van der Waals surface area contributed by atoms with Crippen LogP contribution in [-0.4, -0.2) is 5.91 Å². The molecular formula is C16H11F4NO. The van der Waals surface area contributed by atoms with E-state index in [2.05, 4.69) is 5.32 Å². The highest BCUT2D eigenvalue weighted by molar-refractivity contribution is 5.95. The summed E-state index contributed by atoms with van der Waals surface area (Å²) in [6, 6.07) is 7.18. The monoisotopic (exact) mass is 309 g/mol. The molecule has 2 aromatic rings. The van der Waals surface area contributed by atoms with Crippen LogP contribution in [0.2, 0.25) is 0 Å². The number of nitrogens with one attached hydrogen (secondary N) is 1. The average molecular weight is 309 g/mol. The topological polar surface area (TPSA) is 29.1 Å². The number of amides is 1. The highest BCUT2D eigenvalue weighted by atomic mass is 19.2. The van der Waals surface area contributed by atoms with Gasteiger partial charge in [0.1, 0.15) is 5.82 Å². The minimum absolute atomic E-state index is 0.405. The van der Waals surface area contributed by atoms with E-state index in [-0.39, 0.29) is 0 Å². The van der Waals surface area contributed by atoms with Gasteiger partial charge in [-0.15, -0.1) is 0 Å².